The second-order valence-corrected chi connectivity index (χ2v) is 7.32. The van der Waals surface area contributed by atoms with Crippen LogP contribution in [0.15, 0.2) is 0 Å². The molecular weight excluding hydrogens is 353 g/mol. The second kappa shape index (κ2) is 8.90. The van der Waals surface area contributed by atoms with E-state index in [4.69, 9.17) is 14.2 Å². The van der Waals surface area contributed by atoms with Gasteiger partial charge in [0.05, 0.1) is 18.3 Å². The van der Waals surface area contributed by atoms with Gasteiger partial charge >= 0.3 is 0 Å². The molecule has 0 spiro atoms. The Kier molecular flexibility index (Phi) is 8.50. The molecule has 2 aliphatic heterocycles. The Morgan fingerprint density at radius 3 is 2.14 bits per heavy atom. The molecule has 127 valence electrons. The van der Waals surface area contributed by atoms with E-state index >= 15 is 0 Å². The van der Waals surface area contributed by atoms with Gasteiger partial charge in [-0.05, 0) is 25.2 Å². The van der Waals surface area contributed by atoms with Gasteiger partial charge in [-0.3, -0.25) is 0 Å². The van der Waals surface area contributed by atoms with E-state index < -0.39 is 0 Å². The molecule has 0 amide bonds. The van der Waals surface area contributed by atoms with Gasteiger partial charge < -0.3 is 14.2 Å². The monoisotopic (exact) mass is 386 g/mol. The summed E-state index contributed by atoms with van der Waals surface area (Å²) in [6, 6.07) is 0. The third-order valence-corrected chi connectivity index (χ3v) is 6.05. The molecule has 0 aromatic carbocycles. The molecule has 3 nitrogen and oxygen atoms in total. The standard InChI is InChI=1S/C18H33O3.Y/c1-8-16-17(13(5)12(4)15(7)20-16)21-18-14(6)11(3)10(2)9-19-18;/h9-18H,8H2,1-7H3;/q-1;/t10-,11+,12?,13-,14?,15?,16?,17+,18-;/m1./s1. The fourth-order valence-electron chi connectivity index (χ4n) is 3.57. The van der Waals surface area contributed by atoms with Crippen molar-refractivity contribution in [2.75, 3.05) is 0 Å². The van der Waals surface area contributed by atoms with E-state index in [2.05, 4.69) is 48.5 Å². The van der Waals surface area contributed by atoms with Crippen LogP contribution in [-0.2, 0) is 46.9 Å². The van der Waals surface area contributed by atoms with Crippen LogP contribution in [0.1, 0.15) is 54.9 Å². The molecular formula is C18H33O3Y-. The molecule has 2 heterocycles. The van der Waals surface area contributed by atoms with E-state index in [1.807, 2.05) is 6.61 Å². The Bertz CT molecular complexity index is 336. The van der Waals surface area contributed by atoms with E-state index in [9.17, 15) is 0 Å². The summed E-state index contributed by atoms with van der Waals surface area (Å²) in [7, 11) is 0. The summed E-state index contributed by atoms with van der Waals surface area (Å²) >= 11 is 0. The van der Waals surface area contributed by atoms with E-state index in [0.717, 1.165) is 6.42 Å². The molecule has 0 saturated carbocycles. The average molecular weight is 386 g/mol. The maximum absolute atomic E-state index is 6.42. The Morgan fingerprint density at radius 1 is 0.909 bits per heavy atom. The minimum atomic E-state index is -0.137. The smallest absolute Gasteiger partial charge is 0.131 e. The molecule has 2 fully saturated rings. The summed E-state index contributed by atoms with van der Waals surface area (Å²) in [6.45, 7) is 17.6. The summed E-state index contributed by atoms with van der Waals surface area (Å²) < 4.78 is 18.5. The maximum atomic E-state index is 6.42. The summed E-state index contributed by atoms with van der Waals surface area (Å²) in [4.78, 5) is 0. The van der Waals surface area contributed by atoms with Crippen LogP contribution in [0.5, 0.6) is 0 Å². The van der Waals surface area contributed by atoms with Crippen LogP contribution in [0.25, 0.3) is 0 Å². The molecule has 1 radical (unpaired) electrons. The summed E-state index contributed by atoms with van der Waals surface area (Å²) in [5.74, 6) is 2.48. The summed E-state index contributed by atoms with van der Waals surface area (Å²) in [5.41, 5.74) is 0. The first-order valence-corrected chi connectivity index (χ1v) is 8.66. The fourth-order valence-corrected chi connectivity index (χ4v) is 3.57. The SMILES string of the molecule is CCC1OC(C)C(C)[C@@H](C)[C@@H]1O[C@H]1O[CH-][C@@H](C)[C@H](C)C1C.[Y]. The van der Waals surface area contributed by atoms with Crippen LogP contribution in [0.4, 0.5) is 0 Å². The van der Waals surface area contributed by atoms with Crippen molar-refractivity contribution >= 4 is 0 Å². The van der Waals surface area contributed by atoms with Gasteiger partial charge in [0, 0.05) is 38.6 Å². The van der Waals surface area contributed by atoms with Crippen molar-refractivity contribution in [1.29, 1.82) is 0 Å². The fraction of sp³-hybridized carbons (Fsp3) is 0.944. The predicted molar refractivity (Wildman–Crippen MR) is 84.5 cm³/mol. The van der Waals surface area contributed by atoms with E-state index in [1.165, 1.54) is 0 Å². The van der Waals surface area contributed by atoms with Gasteiger partial charge in [0.15, 0.2) is 0 Å². The van der Waals surface area contributed by atoms with E-state index in [1.54, 1.807) is 0 Å². The topological polar surface area (TPSA) is 27.7 Å². The zero-order valence-electron chi connectivity index (χ0n) is 15.3. The minimum absolute atomic E-state index is 0. The minimum Gasteiger partial charge on any atom is -0.529 e. The van der Waals surface area contributed by atoms with Crippen molar-refractivity contribution in [3.8, 4) is 0 Å². The van der Waals surface area contributed by atoms with Crippen LogP contribution in [0, 0.1) is 36.2 Å². The number of rotatable bonds is 3. The van der Waals surface area contributed by atoms with Crippen molar-refractivity contribution in [3.05, 3.63) is 6.61 Å². The Balaban J connectivity index is 0.00000242. The largest absolute Gasteiger partial charge is 0.529 e. The van der Waals surface area contributed by atoms with Crippen molar-refractivity contribution in [2.45, 2.75) is 79.5 Å². The Labute approximate surface area is 162 Å². The zero-order valence-corrected chi connectivity index (χ0v) is 18.1. The molecule has 2 rings (SSSR count). The number of hydrogen-bond donors (Lipinski definition) is 0. The molecule has 0 aromatic heterocycles. The third-order valence-electron chi connectivity index (χ3n) is 6.05. The normalized spacial score (nSPS) is 49.5. The summed E-state index contributed by atoms with van der Waals surface area (Å²) in [5, 5.41) is 0. The quantitative estimate of drug-likeness (QED) is 0.679. The van der Waals surface area contributed by atoms with Crippen LogP contribution >= 0.6 is 0 Å². The molecule has 0 bridgehead atoms. The number of ether oxygens (including phenoxy) is 3. The molecule has 4 unspecified atom stereocenters. The molecule has 9 atom stereocenters. The van der Waals surface area contributed by atoms with Crippen LogP contribution < -0.4 is 0 Å². The molecule has 0 aromatic rings. The van der Waals surface area contributed by atoms with Crippen molar-refractivity contribution in [3.63, 3.8) is 0 Å². The van der Waals surface area contributed by atoms with Crippen molar-refractivity contribution in [2.24, 2.45) is 29.6 Å². The maximum Gasteiger partial charge on any atom is 0.131 e. The van der Waals surface area contributed by atoms with Gasteiger partial charge in [-0.1, -0.05) is 47.5 Å². The zero-order chi connectivity index (χ0) is 15.7. The first kappa shape index (κ1) is 21.0. The first-order valence-electron chi connectivity index (χ1n) is 8.66. The summed E-state index contributed by atoms with van der Waals surface area (Å²) in [6.07, 6.45) is 1.46. The van der Waals surface area contributed by atoms with Crippen molar-refractivity contribution in [1.82, 2.24) is 0 Å². The molecule has 0 N–H and O–H groups in total. The van der Waals surface area contributed by atoms with Crippen LogP contribution in [-0.4, -0.2) is 24.6 Å². The van der Waals surface area contributed by atoms with Crippen LogP contribution in [0.3, 0.4) is 0 Å². The van der Waals surface area contributed by atoms with Gasteiger partial charge in [0.1, 0.15) is 6.29 Å². The molecule has 22 heavy (non-hydrogen) atoms. The van der Waals surface area contributed by atoms with E-state index in [-0.39, 0.29) is 51.2 Å². The van der Waals surface area contributed by atoms with Gasteiger partial charge in [-0.25, -0.2) is 6.61 Å². The Morgan fingerprint density at radius 2 is 1.55 bits per heavy atom. The van der Waals surface area contributed by atoms with Crippen molar-refractivity contribution < 1.29 is 46.9 Å². The van der Waals surface area contributed by atoms with Gasteiger partial charge in [0.2, 0.25) is 0 Å². The van der Waals surface area contributed by atoms with Gasteiger partial charge in [0.25, 0.3) is 0 Å². The predicted octanol–water partition coefficient (Wildman–Crippen LogP) is 4.26. The molecule has 0 aliphatic carbocycles. The van der Waals surface area contributed by atoms with E-state index in [0.29, 0.717) is 35.7 Å². The van der Waals surface area contributed by atoms with Gasteiger partial charge in [-0.15, -0.1) is 5.92 Å². The molecule has 4 heteroatoms. The second-order valence-electron chi connectivity index (χ2n) is 7.32. The van der Waals surface area contributed by atoms with Crippen LogP contribution in [0.2, 0.25) is 0 Å². The van der Waals surface area contributed by atoms with Gasteiger partial charge in [-0.2, -0.15) is 0 Å². The molecule has 2 aliphatic rings. The first-order chi connectivity index (χ1) is 9.86. The Hall–Kier alpha value is 0.984. The third kappa shape index (κ3) is 4.33. The average Bonchev–Trinajstić information content (AvgIpc) is 2.47. The molecule has 2 saturated heterocycles. The number of hydrogen-bond acceptors (Lipinski definition) is 3.